The SMILES string of the molecule is NCc1ccc(CNC(=O)[C@H](Cc2ccccc2)NC(=O)C2CC3CCCCC3S(=O)(=O)N2)cc1. The number of carbonyl (C=O) groups excluding carboxylic acids is 2. The number of benzene rings is 2. The summed E-state index contributed by atoms with van der Waals surface area (Å²) in [6.45, 7) is 0.759. The Hall–Kier alpha value is -2.75. The van der Waals surface area contributed by atoms with E-state index in [0.717, 1.165) is 36.0 Å². The van der Waals surface area contributed by atoms with Crippen molar-refractivity contribution >= 4 is 21.8 Å². The van der Waals surface area contributed by atoms with E-state index in [4.69, 9.17) is 5.73 Å². The third-order valence-electron chi connectivity index (χ3n) is 7.04. The molecule has 188 valence electrons. The highest BCUT2D eigenvalue weighted by Gasteiger charge is 2.44. The standard InChI is InChI=1S/C26H34N4O4S/c27-16-19-10-12-20(13-11-19)17-28-25(31)22(14-18-6-2-1-3-7-18)29-26(32)23-15-21-8-4-5-9-24(21)35(33,34)30-23/h1-3,6-7,10-13,21-24,30H,4-5,8-9,14-17,27H2,(H,28,31)(H,29,32)/t21?,22-,23?,24?/m0/s1. The van der Waals surface area contributed by atoms with Gasteiger partial charge in [-0.2, -0.15) is 0 Å². The minimum atomic E-state index is -3.57. The molecule has 1 heterocycles. The number of rotatable bonds is 8. The minimum Gasteiger partial charge on any atom is -0.350 e. The number of amides is 2. The van der Waals surface area contributed by atoms with Crippen molar-refractivity contribution in [3.05, 3.63) is 71.3 Å². The first kappa shape index (κ1) is 25.3. The number of fused-ring (bicyclic) bond motifs is 1. The van der Waals surface area contributed by atoms with Crippen LogP contribution in [0.1, 0.15) is 48.8 Å². The van der Waals surface area contributed by atoms with E-state index in [0.29, 0.717) is 32.4 Å². The molecule has 0 aromatic heterocycles. The Balaban J connectivity index is 1.44. The minimum absolute atomic E-state index is 0.0244. The maximum absolute atomic E-state index is 13.2. The molecule has 0 bridgehead atoms. The summed E-state index contributed by atoms with van der Waals surface area (Å²) in [7, 11) is -3.57. The van der Waals surface area contributed by atoms with Gasteiger partial charge < -0.3 is 16.4 Å². The quantitative estimate of drug-likeness (QED) is 0.440. The van der Waals surface area contributed by atoms with E-state index >= 15 is 0 Å². The van der Waals surface area contributed by atoms with Crippen molar-refractivity contribution in [3.63, 3.8) is 0 Å². The van der Waals surface area contributed by atoms with Crippen LogP contribution in [0.2, 0.25) is 0 Å². The fraction of sp³-hybridized carbons (Fsp3) is 0.462. The van der Waals surface area contributed by atoms with Gasteiger partial charge in [-0.15, -0.1) is 0 Å². The monoisotopic (exact) mass is 498 g/mol. The van der Waals surface area contributed by atoms with Crippen LogP contribution in [-0.2, 0) is 39.1 Å². The Bertz CT molecular complexity index is 1120. The Kier molecular flexibility index (Phi) is 8.20. The summed E-state index contributed by atoms with van der Waals surface area (Å²) >= 11 is 0. The van der Waals surface area contributed by atoms with Crippen molar-refractivity contribution in [1.82, 2.24) is 15.4 Å². The number of hydrogen-bond donors (Lipinski definition) is 4. The van der Waals surface area contributed by atoms with Crippen LogP contribution in [0.5, 0.6) is 0 Å². The molecule has 8 nitrogen and oxygen atoms in total. The van der Waals surface area contributed by atoms with Crippen LogP contribution >= 0.6 is 0 Å². The van der Waals surface area contributed by atoms with Crippen molar-refractivity contribution in [2.24, 2.45) is 11.7 Å². The third kappa shape index (κ3) is 6.48. The Morgan fingerprint density at radius 1 is 0.971 bits per heavy atom. The lowest BCUT2D eigenvalue weighted by atomic mass is 9.84. The van der Waals surface area contributed by atoms with E-state index in [1.165, 1.54) is 0 Å². The molecule has 4 rings (SSSR count). The Labute approximate surface area is 207 Å². The number of hydrogen-bond acceptors (Lipinski definition) is 5. The summed E-state index contributed by atoms with van der Waals surface area (Å²) in [4.78, 5) is 26.3. The normalized spacial score (nSPS) is 24.1. The van der Waals surface area contributed by atoms with Crippen LogP contribution in [0.15, 0.2) is 54.6 Å². The van der Waals surface area contributed by atoms with Gasteiger partial charge in [0.15, 0.2) is 0 Å². The summed E-state index contributed by atoms with van der Waals surface area (Å²) in [5, 5.41) is 5.31. The first-order chi connectivity index (χ1) is 16.9. The fourth-order valence-electron chi connectivity index (χ4n) is 5.09. The average molecular weight is 499 g/mol. The number of nitrogens with one attached hydrogen (secondary N) is 3. The molecular weight excluding hydrogens is 464 g/mol. The van der Waals surface area contributed by atoms with Gasteiger partial charge in [0.2, 0.25) is 21.8 Å². The van der Waals surface area contributed by atoms with Crippen LogP contribution in [0, 0.1) is 5.92 Å². The van der Waals surface area contributed by atoms with Crippen LogP contribution in [-0.4, -0.2) is 37.6 Å². The Morgan fingerprint density at radius 2 is 1.66 bits per heavy atom. The van der Waals surface area contributed by atoms with E-state index in [-0.39, 0.29) is 11.8 Å². The maximum Gasteiger partial charge on any atom is 0.243 e. The van der Waals surface area contributed by atoms with Crippen molar-refractivity contribution in [3.8, 4) is 0 Å². The summed E-state index contributed by atoms with van der Waals surface area (Å²) in [6.07, 6.45) is 4.09. The molecule has 0 spiro atoms. The first-order valence-electron chi connectivity index (χ1n) is 12.3. The van der Waals surface area contributed by atoms with E-state index in [1.54, 1.807) is 0 Å². The molecule has 2 aromatic rings. The predicted octanol–water partition coefficient (Wildman–Crippen LogP) is 1.74. The highest BCUT2D eigenvalue weighted by molar-refractivity contribution is 7.90. The molecule has 0 radical (unpaired) electrons. The lowest BCUT2D eigenvalue weighted by Crippen LogP contribution is -2.59. The van der Waals surface area contributed by atoms with Crippen molar-refractivity contribution in [2.45, 2.75) is 68.9 Å². The van der Waals surface area contributed by atoms with Crippen LogP contribution in [0.3, 0.4) is 0 Å². The van der Waals surface area contributed by atoms with Gasteiger partial charge in [-0.25, -0.2) is 13.1 Å². The zero-order valence-corrected chi connectivity index (χ0v) is 20.6. The number of nitrogens with two attached hydrogens (primary N) is 1. The molecule has 2 fully saturated rings. The summed E-state index contributed by atoms with van der Waals surface area (Å²) < 4.78 is 28.1. The molecule has 4 atom stereocenters. The third-order valence-corrected chi connectivity index (χ3v) is 9.07. The highest BCUT2D eigenvalue weighted by Crippen LogP contribution is 2.35. The van der Waals surface area contributed by atoms with Gasteiger partial charge in [-0.05, 0) is 41.9 Å². The summed E-state index contributed by atoms with van der Waals surface area (Å²) in [5.74, 6) is -0.802. The van der Waals surface area contributed by atoms with E-state index in [2.05, 4.69) is 15.4 Å². The summed E-state index contributed by atoms with van der Waals surface area (Å²) in [6, 6.07) is 15.4. The second kappa shape index (κ2) is 11.3. The van der Waals surface area contributed by atoms with Crippen LogP contribution < -0.4 is 21.1 Å². The molecule has 35 heavy (non-hydrogen) atoms. The molecule has 2 aliphatic rings. The van der Waals surface area contributed by atoms with E-state index < -0.39 is 33.3 Å². The van der Waals surface area contributed by atoms with Gasteiger partial charge in [0, 0.05) is 19.5 Å². The molecular formula is C26H34N4O4S. The predicted molar refractivity (Wildman–Crippen MR) is 134 cm³/mol. The van der Waals surface area contributed by atoms with Gasteiger partial charge >= 0.3 is 0 Å². The topological polar surface area (TPSA) is 130 Å². The van der Waals surface area contributed by atoms with Gasteiger partial charge in [0.05, 0.1) is 5.25 Å². The van der Waals surface area contributed by atoms with Crippen molar-refractivity contribution in [1.29, 1.82) is 0 Å². The zero-order valence-electron chi connectivity index (χ0n) is 19.8. The molecule has 1 saturated heterocycles. The molecule has 1 saturated carbocycles. The first-order valence-corrected chi connectivity index (χ1v) is 13.8. The van der Waals surface area contributed by atoms with Gasteiger partial charge in [0.25, 0.3) is 0 Å². The molecule has 1 aliphatic carbocycles. The zero-order chi connectivity index (χ0) is 24.8. The molecule has 5 N–H and O–H groups in total. The Morgan fingerprint density at radius 3 is 2.37 bits per heavy atom. The maximum atomic E-state index is 13.2. The molecule has 9 heteroatoms. The molecule has 2 aromatic carbocycles. The smallest absolute Gasteiger partial charge is 0.243 e. The molecule has 1 aliphatic heterocycles. The van der Waals surface area contributed by atoms with Crippen molar-refractivity contribution < 1.29 is 18.0 Å². The molecule has 3 unspecified atom stereocenters. The van der Waals surface area contributed by atoms with Gasteiger partial charge in [-0.1, -0.05) is 67.4 Å². The average Bonchev–Trinajstić information content (AvgIpc) is 2.87. The molecule has 2 amide bonds. The van der Waals surface area contributed by atoms with E-state index in [1.807, 2.05) is 54.6 Å². The van der Waals surface area contributed by atoms with Gasteiger partial charge in [0.1, 0.15) is 12.1 Å². The largest absolute Gasteiger partial charge is 0.350 e. The summed E-state index contributed by atoms with van der Waals surface area (Å²) in [5.41, 5.74) is 8.47. The van der Waals surface area contributed by atoms with Crippen LogP contribution in [0.25, 0.3) is 0 Å². The fourth-order valence-corrected chi connectivity index (χ4v) is 7.09. The van der Waals surface area contributed by atoms with Crippen LogP contribution in [0.4, 0.5) is 0 Å². The lowest BCUT2D eigenvalue weighted by Gasteiger charge is -2.39. The number of sulfonamides is 1. The lowest BCUT2D eigenvalue weighted by molar-refractivity contribution is -0.130. The van der Waals surface area contributed by atoms with E-state index in [9.17, 15) is 18.0 Å². The number of carbonyl (C=O) groups is 2. The second-order valence-electron chi connectivity index (χ2n) is 9.52. The highest BCUT2D eigenvalue weighted by atomic mass is 32.2. The second-order valence-corrected chi connectivity index (χ2v) is 11.5. The van der Waals surface area contributed by atoms with Gasteiger partial charge in [-0.3, -0.25) is 9.59 Å². The van der Waals surface area contributed by atoms with Crippen molar-refractivity contribution in [2.75, 3.05) is 0 Å².